The Bertz CT molecular complexity index is 7470. The second kappa shape index (κ2) is 29.3. The molecule has 0 N–H and O–H groups in total. The number of nitrogens with zero attached hydrogens (tertiary/aromatic N) is 6. The molecule has 0 unspecified atom stereocenters. The number of pyridine rings is 2. The van der Waals surface area contributed by atoms with Gasteiger partial charge >= 0.3 is 0 Å². The Hall–Kier alpha value is -15.8. The van der Waals surface area contributed by atoms with Crippen molar-refractivity contribution in [3.63, 3.8) is 0 Å². The van der Waals surface area contributed by atoms with Crippen LogP contribution in [0.2, 0.25) is 0 Å². The molecule has 6 aromatic heterocycles. The van der Waals surface area contributed by atoms with Gasteiger partial charge in [0.2, 0.25) is 0 Å². The van der Waals surface area contributed by atoms with Crippen LogP contribution in [0.1, 0.15) is 0 Å². The summed E-state index contributed by atoms with van der Waals surface area (Å²) in [5.74, 6) is 0. The van der Waals surface area contributed by atoms with E-state index in [1.165, 1.54) is 165 Å². The lowest BCUT2D eigenvalue weighted by molar-refractivity contribution is 1.17. The summed E-state index contributed by atoms with van der Waals surface area (Å²) >= 11 is 0. The maximum absolute atomic E-state index is 4.55. The first-order valence-corrected chi connectivity index (χ1v) is 40.3. The van der Waals surface area contributed by atoms with E-state index in [-0.39, 0.29) is 0 Å². The highest BCUT2D eigenvalue weighted by molar-refractivity contribution is 6.14. The molecule has 0 aliphatic rings. The molecule has 6 heteroatoms. The number of fused-ring (bicyclic) bond motifs is 12. The summed E-state index contributed by atoms with van der Waals surface area (Å²) in [6.45, 7) is 0. The third-order valence-electron chi connectivity index (χ3n) is 23.6. The van der Waals surface area contributed by atoms with Crippen molar-refractivity contribution < 1.29 is 0 Å². The maximum Gasteiger partial charge on any atom is 0.0724 e. The number of benzene rings is 17. The summed E-state index contributed by atoms with van der Waals surface area (Å²) in [7, 11) is 0. The van der Waals surface area contributed by atoms with Gasteiger partial charge in [-0.1, -0.05) is 297 Å². The molecular weight excluding hydrogens is 1430 g/mol. The first-order valence-electron chi connectivity index (χ1n) is 40.3. The molecule has 23 aromatic rings. The third-order valence-corrected chi connectivity index (χ3v) is 23.6. The second-order valence-corrected chi connectivity index (χ2v) is 30.5. The number of hydrogen-bond acceptors (Lipinski definition) is 2. The molecule has 0 fully saturated rings. The third kappa shape index (κ3) is 12.4. The molecule has 118 heavy (non-hydrogen) atoms. The molecular formula is C112H74N6. The number of para-hydroxylation sites is 2. The van der Waals surface area contributed by atoms with Crippen molar-refractivity contribution in [1.82, 2.24) is 28.2 Å². The summed E-state index contributed by atoms with van der Waals surface area (Å²) in [5.41, 5.74) is 35.4. The lowest BCUT2D eigenvalue weighted by atomic mass is 9.97. The lowest BCUT2D eigenvalue weighted by Crippen LogP contribution is -1.96. The van der Waals surface area contributed by atoms with Crippen LogP contribution in [0.25, 0.3) is 210 Å². The number of hydrogen-bond donors (Lipinski definition) is 0. The van der Waals surface area contributed by atoms with Crippen LogP contribution >= 0.6 is 0 Å². The zero-order valence-electron chi connectivity index (χ0n) is 64.4. The quantitative estimate of drug-likeness (QED) is 0.115. The van der Waals surface area contributed by atoms with Crippen molar-refractivity contribution in [3.8, 4) is 123 Å². The molecule has 0 spiro atoms. The summed E-state index contributed by atoms with van der Waals surface area (Å²) in [4.78, 5) is 9.09. The molecule has 0 radical (unpaired) electrons. The zero-order valence-corrected chi connectivity index (χ0v) is 64.4. The summed E-state index contributed by atoms with van der Waals surface area (Å²) in [6, 6.07) is 154. The Balaban J connectivity index is 0.000000143. The van der Waals surface area contributed by atoms with Gasteiger partial charge in [-0.05, 0) is 228 Å². The van der Waals surface area contributed by atoms with Gasteiger partial charge < -0.3 is 18.3 Å². The zero-order chi connectivity index (χ0) is 78.0. The van der Waals surface area contributed by atoms with E-state index in [1.54, 1.807) is 0 Å². The minimum atomic E-state index is 1.09. The predicted octanol–water partition coefficient (Wildman–Crippen LogP) is 29.6. The molecule has 6 heterocycles. The fraction of sp³-hybridized carbons (Fsp3) is 0. The highest BCUT2D eigenvalue weighted by Crippen LogP contribution is 2.44. The van der Waals surface area contributed by atoms with Crippen LogP contribution in [0.4, 0.5) is 0 Å². The predicted molar refractivity (Wildman–Crippen MR) is 495 cm³/mol. The first kappa shape index (κ1) is 69.0. The fourth-order valence-corrected chi connectivity index (χ4v) is 17.9. The van der Waals surface area contributed by atoms with E-state index in [4.69, 9.17) is 0 Å². The van der Waals surface area contributed by atoms with Crippen LogP contribution in [0.15, 0.2) is 449 Å². The van der Waals surface area contributed by atoms with E-state index in [9.17, 15) is 0 Å². The SMILES string of the molecule is c1ccc(-c2cccc(-n3c4ccc(-c5ccc(-c6ccc7c(c6)c6ccccc6n7-c6cc(-c7ccccc7)cc(-c7ccccc7)c6)cc5)cc4c4ccncc43)c2)cc1.c1ccc(-c2cccc(-n3c4ccccc4c4cc(-c5ccc(-c6ccc7c(c6)c6ccncc6n7-c6cccc(-c7ccccc7)c6)cc5)ccc43)c2)cc1. The van der Waals surface area contributed by atoms with Gasteiger partial charge in [0, 0.05) is 78.2 Å². The standard InChI is InChI=1S/C59H39N3.C53H35N3/c1-4-13-40(14-5-1)45-19-12-20-50(34-45)61-57-29-27-47(38-55(57)53-31-32-60-39-59(53)61)44-25-23-43(24-26-44)46-28-30-58-54(37-46)52-21-10-11-22-56(52)62(58)51-35-48(41-15-6-2-7-16-41)33-49(36-51)42-17-8-3-9-18-42;1-3-11-36(12-4-1)40-15-9-17-44(31-40)55-50-20-8-7-19-46(50)48-33-42(25-27-51(48)55)38-21-23-39(24-22-38)43-26-28-52-49(34-43)47-29-30-54-35-53(47)56(52)45-18-10-16-41(32-45)37-13-5-2-6-14-37/h1-39H;1-35H. The van der Waals surface area contributed by atoms with Gasteiger partial charge in [-0.2, -0.15) is 0 Å². The normalized spacial score (nSPS) is 11.6. The second-order valence-electron chi connectivity index (χ2n) is 30.5. The number of aromatic nitrogens is 6. The van der Waals surface area contributed by atoms with Gasteiger partial charge in [0.1, 0.15) is 0 Å². The molecule has 0 saturated carbocycles. The highest BCUT2D eigenvalue weighted by Gasteiger charge is 2.21. The number of rotatable bonds is 13. The van der Waals surface area contributed by atoms with Crippen LogP contribution in [0.5, 0.6) is 0 Å². The fourth-order valence-electron chi connectivity index (χ4n) is 17.9. The Morgan fingerprint density at radius 2 is 0.347 bits per heavy atom. The van der Waals surface area contributed by atoms with E-state index in [0.717, 1.165) is 44.8 Å². The van der Waals surface area contributed by atoms with Crippen molar-refractivity contribution in [2.24, 2.45) is 0 Å². The smallest absolute Gasteiger partial charge is 0.0724 e. The van der Waals surface area contributed by atoms with Gasteiger partial charge in [-0.15, -0.1) is 0 Å². The molecule has 552 valence electrons. The van der Waals surface area contributed by atoms with Crippen LogP contribution in [0, 0.1) is 0 Å². The topological polar surface area (TPSA) is 45.5 Å². The van der Waals surface area contributed by atoms with Crippen LogP contribution in [-0.2, 0) is 0 Å². The van der Waals surface area contributed by atoms with Crippen LogP contribution in [0.3, 0.4) is 0 Å². The van der Waals surface area contributed by atoms with Gasteiger partial charge in [-0.25, -0.2) is 0 Å². The van der Waals surface area contributed by atoms with Gasteiger partial charge in [0.15, 0.2) is 0 Å². The van der Waals surface area contributed by atoms with E-state index >= 15 is 0 Å². The van der Waals surface area contributed by atoms with Crippen LogP contribution in [-0.4, -0.2) is 28.2 Å². The Morgan fingerprint density at radius 3 is 0.669 bits per heavy atom. The Kier molecular flexibility index (Phi) is 17.1. The van der Waals surface area contributed by atoms with Crippen molar-refractivity contribution in [1.29, 1.82) is 0 Å². The highest BCUT2D eigenvalue weighted by atomic mass is 15.0. The van der Waals surface area contributed by atoms with E-state index in [0.29, 0.717) is 0 Å². The minimum absolute atomic E-state index is 1.09. The average Bonchev–Trinajstić information content (AvgIpc) is 1.61. The molecule has 0 amide bonds. The van der Waals surface area contributed by atoms with Crippen LogP contribution < -0.4 is 0 Å². The molecule has 17 aromatic carbocycles. The molecule has 0 saturated heterocycles. The molecule has 6 nitrogen and oxygen atoms in total. The Labute approximate surface area is 683 Å². The Morgan fingerprint density at radius 1 is 0.127 bits per heavy atom. The van der Waals surface area contributed by atoms with Gasteiger partial charge in [-0.3, -0.25) is 9.97 Å². The molecule has 0 bridgehead atoms. The van der Waals surface area contributed by atoms with E-state index in [2.05, 4.69) is 453 Å². The monoisotopic (exact) mass is 1500 g/mol. The molecule has 23 rings (SSSR count). The van der Waals surface area contributed by atoms with Gasteiger partial charge in [0.05, 0.1) is 56.5 Å². The van der Waals surface area contributed by atoms with E-state index in [1.807, 2.05) is 24.8 Å². The summed E-state index contributed by atoms with van der Waals surface area (Å²) in [5, 5.41) is 9.78. The molecule has 0 aliphatic carbocycles. The van der Waals surface area contributed by atoms with Crippen molar-refractivity contribution >= 4 is 87.2 Å². The van der Waals surface area contributed by atoms with Gasteiger partial charge in [0.25, 0.3) is 0 Å². The van der Waals surface area contributed by atoms with E-state index < -0.39 is 0 Å². The largest absolute Gasteiger partial charge is 0.309 e. The summed E-state index contributed by atoms with van der Waals surface area (Å²) < 4.78 is 9.50. The molecule has 0 atom stereocenters. The average molecular weight is 1500 g/mol. The van der Waals surface area contributed by atoms with Crippen molar-refractivity contribution in [2.75, 3.05) is 0 Å². The summed E-state index contributed by atoms with van der Waals surface area (Å²) in [6.07, 6.45) is 7.75. The van der Waals surface area contributed by atoms with Crippen molar-refractivity contribution in [2.45, 2.75) is 0 Å². The first-order chi connectivity index (χ1) is 58.5. The maximum atomic E-state index is 4.55. The lowest BCUT2D eigenvalue weighted by Gasteiger charge is -2.14. The van der Waals surface area contributed by atoms with Crippen molar-refractivity contribution in [3.05, 3.63) is 449 Å². The minimum Gasteiger partial charge on any atom is -0.309 e. The molecule has 0 aliphatic heterocycles.